The third-order valence-electron chi connectivity index (χ3n) is 6.13. The first-order valence-electron chi connectivity index (χ1n) is 10.4. The number of piperazine rings is 1. The summed E-state index contributed by atoms with van der Waals surface area (Å²) in [6.45, 7) is 9.60. The van der Waals surface area contributed by atoms with E-state index in [4.69, 9.17) is 0 Å². The zero-order valence-corrected chi connectivity index (χ0v) is 17.2. The minimum absolute atomic E-state index is 0.0472. The van der Waals surface area contributed by atoms with Crippen molar-refractivity contribution in [3.8, 4) is 0 Å². The van der Waals surface area contributed by atoms with Crippen molar-refractivity contribution in [3.05, 3.63) is 60.7 Å². The van der Waals surface area contributed by atoms with Crippen LogP contribution in [-0.2, 0) is 16.1 Å². The first-order valence-corrected chi connectivity index (χ1v) is 10.4. The van der Waals surface area contributed by atoms with Crippen LogP contribution in [0.4, 0.5) is 8.78 Å². The Morgan fingerprint density at radius 2 is 1.93 bits per heavy atom. The van der Waals surface area contributed by atoms with Gasteiger partial charge < -0.3 is 10.2 Å². The van der Waals surface area contributed by atoms with E-state index in [1.165, 1.54) is 6.07 Å². The Labute approximate surface area is 176 Å². The van der Waals surface area contributed by atoms with Crippen molar-refractivity contribution >= 4 is 11.8 Å². The lowest BCUT2D eigenvalue weighted by atomic mass is 9.87. The molecule has 30 heavy (non-hydrogen) atoms. The van der Waals surface area contributed by atoms with Gasteiger partial charge in [-0.3, -0.25) is 14.5 Å². The van der Waals surface area contributed by atoms with Gasteiger partial charge in [0.25, 0.3) is 0 Å². The van der Waals surface area contributed by atoms with Crippen molar-refractivity contribution in [2.24, 2.45) is 0 Å². The number of rotatable bonds is 8. The van der Waals surface area contributed by atoms with Gasteiger partial charge in [0.1, 0.15) is 0 Å². The van der Waals surface area contributed by atoms with Crippen molar-refractivity contribution in [1.29, 1.82) is 0 Å². The summed E-state index contributed by atoms with van der Waals surface area (Å²) < 4.78 is 26.8. The molecule has 0 bridgehead atoms. The zero-order valence-electron chi connectivity index (χ0n) is 17.2. The fourth-order valence-electron chi connectivity index (χ4n) is 4.69. The fourth-order valence-corrected chi connectivity index (χ4v) is 4.69. The van der Waals surface area contributed by atoms with E-state index >= 15 is 0 Å². The Morgan fingerprint density at radius 1 is 1.20 bits per heavy atom. The number of nitrogens with zero attached hydrogens (tertiary/aromatic N) is 2. The number of likely N-dealkylation sites (tertiary alicyclic amines) is 1. The summed E-state index contributed by atoms with van der Waals surface area (Å²) in [5, 5.41) is 2.82. The molecular formula is C23H29F2N3O2. The Balaban J connectivity index is 1.76. The number of carbonyl (C=O) groups excluding carboxylic acids is 2. The largest absolute Gasteiger partial charge is 0.353 e. The number of halogens is 2. The molecule has 0 saturated carbocycles. The maximum atomic E-state index is 13.6. The lowest BCUT2D eigenvalue weighted by Crippen LogP contribution is -2.57. The summed E-state index contributed by atoms with van der Waals surface area (Å²) >= 11 is 0. The summed E-state index contributed by atoms with van der Waals surface area (Å²) in [4.78, 5) is 29.6. The van der Waals surface area contributed by atoms with Gasteiger partial charge in [-0.05, 0) is 43.4 Å². The minimum atomic E-state index is -0.919. The first-order chi connectivity index (χ1) is 14.4. The summed E-state index contributed by atoms with van der Waals surface area (Å²) in [7, 11) is 0. The molecular weight excluding hydrogens is 388 g/mol. The molecule has 5 nitrogen and oxygen atoms in total. The van der Waals surface area contributed by atoms with Crippen LogP contribution < -0.4 is 5.32 Å². The molecule has 2 aliphatic heterocycles. The molecule has 1 aromatic rings. The maximum Gasteiger partial charge on any atom is 0.237 e. The Morgan fingerprint density at radius 3 is 2.60 bits per heavy atom. The second kappa shape index (κ2) is 9.51. The summed E-state index contributed by atoms with van der Waals surface area (Å²) in [5.74, 6) is -2.11. The highest BCUT2D eigenvalue weighted by atomic mass is 19.2. The molecule has 0 spiro atoms. The average molecular weight is 418 g/mol. The Hall–Kier alpha value is -2.54. The SMILES string of the molecule is C=CCC1(CC=C)CCCN1C(=O)CC1C(=O)NCCN1Cc1ccc(F)c(F)c1. The van der Waals surface area contributed by atoms with Crippen LogP contribution >= 0.6 is 0 Å². The van der Waals surface area contributed by atoms with E-state index in [0.29, 0.717) is 38.0 Å². The van der Waals surface area contributed by atoms with Gasteiger partial charge in [-0.25, -0.2) is 8.78 Å². The van der Waals surface area contributed by atoms with Crippen molar-refractivity contribution in [3.63, 3.8) is 0 Å². The lowest BCUT2D eigenvalue weighted by molar-refractivity contribution is -0.141. The van der Waals surface area contributed by atoms with E-state index in [1.807, 2.05) is 22.0 Å². The van der Waals surface area contributed by atoms with Crippen LogP contribution in [0, 0.1) is 11.6 Å². The van der Waals surface area contributed by atoms with Gasteiger partial charge in [-0.2, -0.15) is 0 Å². The van der Waals surface area contributed by atoms with Gasteiger partial charge in [0.15, 0.2) is 11.6 Å². The summed E-state index contributed by atoms with van der Waals surface area (Å²) in [6, 6.07) is 3.08. The molecule has 2 aliphatic rings. The van der Waals surface area contributed by atoms with Crippen LogP contribution in [0.5, 0.6) is 0 Å². The zero-order chi connectivity index (χ0) is 21.7. The molecule has 0 aromatic heterocycles. The number of benzene rings is 1. The minimum Gasteiger partial charge on any atom is -0.353 e. The van der Waals surface area contributed by atoms with Crippen LogP contribution in [0.15, 0.2) is 43.5 Å². The smallest absolute Gasteiger partial charge is 0.237 e. The first kappa shape index (κ1) is 22.2. The molecule has 3 rings (SSSR count). The van der Waals surface area contributed by atoms with Crippen LogP contribution in [0.2, 0.25) is 0 Å². The van der Waals surface area contributed by atoms with Crippen molar-refractivity contribution in [2.75, 3.05) is 19.6 Å². The molecule has 2 amide bonds. The van der Waals surface area contributed by atoms with Gasteiger partial charge in [0.2, 0.25) is 11.8 Å². The summed E-state index contributed by atoms with van der Waals surface area (Å²) in [6.07, 6.45) is 6.86. The molecule has 1 unspecified atom stereocenters. The third kappa shape index (κ3) is 4.61. The summed E-state index contributed by atoms with van der Waals surface area (Å²) in [5.41, 5.74) is 0.242. The number of hydrogen-bond acceptors (Lipinski definition) is 3. The number of hydrogen-bond donors (Lipinski definition) is 1. The van der Waals surface area contributed by atoms with Crippen LogP contribution in [0.1, 0.15) is 37.7 Å². The Kier molecular flexibility index (Phi) is 7.02. The monoisotopic (exact) mass is 417 g/mol. The second-order valence-electron chi connectivity index (χ2n) is 8.09. The number of amides is 2. The normalized spacial score (nSPS) is 21.3. The Bertz CT molecular complexity index is 817. The molecule has 1 atom stereocenters. The van der Waals surface area contributed by atoms with Gasteiger partial charge >= 0.3 is 0 Å². The van der Waals surface area contributed by atoms with E-state index in [1.54, 1.807) is 0 Å². The van der Waals surface area contributed by atoms with E-state index in [0.717, 1.165) is 25.0 Å². The predicted octanol–water partition coefficient (Wildman–Crippen LogP) is 3.17. The molecule has 1 aromatic carbocycles. The lowest BCUT2D eigenvalue weighted by Gasteiger charge is -2.40. The topological polar surface area (TPSA) is 52.7 Å². The molecule has 2 saturated heterocycles. The highest BCUT2D eigenvalue weighted by Crippen LogP contribution is 2.37. The van der Waals surface area contributed by atoms with Gasteiger partial charge in [-0.1, -0.05) is 18.2 Å². The van der Waals surface area contributed by atoms with Gasteiger partial charge in [0.05, 0.1) is 12.5 Å². The van der Waals surface area contributed by atoms with Crippen LogP contribution in [0.3, 0.4) is 0 Å². The fraction of sp³-hybridized carbons (Fsp3) is 0.478. The predicted molar refractivity (Wildman–Crippen MR) is 111 cm³/mol. The standard InChI is InChI=1S/C23H29F2N3O2/c1-3-8-23(9-4-2)10-5-12-28(23)21(29)15-20-22(30)26-11-13-27(20)16-17-6-7-18(24)19(25)14-17/h3-4,6-7,14,20H,1-2,5,8-13,15-16H2,(H,26,30). The van der Waals surface area contributed by atoms with Crippen molar-refractivity contribution < 1.29 is 18.4 Å². The molecule has 0 radical (unpaired) electrons. The maximum absolute atomic E-state index is 13.6. The van der Waals surface area contributed by atoms with Gasteiger partial charge in [0, 0.05) is 31.7 Å². The quantitative estimate of drug-likeness (QED) is 0.661. The van der Waals surface area contributed by atoms with Gasteiger partial charge in [-0.15, -0.1) is 13.2 Å². The number of carbonyl (C=O) groups is 2. The number of nitrogens with one attached hydrogen (secondary N) is 1. The molecule has 0 aliphatic carbocycles. The molecule has 2 fully saturated rings. The van der Waals surface area contributed by atoms with Crippen LogP contribution in [0.25, 0.3) is 0 Å². The van der Waals surface area contributed by atoms with E-state index in [2.05, 4.69) is 18.5 Å². The van der Waals surface area contributed by atoms with Crippen molar-refractivity contribution in [1.82, 2.24) is 15.1 Å². The van der Waals surface area contributed by atoms with E-state index < -0.39 is 17.7 Å². The average Bonchev–Trinajstić information content (AvgIpc) is 3.11. The molecule has 1 N–H and O–H groups in total. The highest BCUT2D eigenvalue weighted by molar-refractivity contribution is 5.89. The van der Waals surface area contributed by atoms with E-state index in [-0.39, 0.29) is 30.3 Å². The third-order valence-corrected chi connectivity index (χ3v) is 6.13. The molecule has 162 valence electrons. The molecule has 2 heterocycles. The van der Waals surface area contributed by atoms with E-state index in [9.17, 15) is 18.4 Å². The highest BCUT2D eigenvalue weighted by Gasteiger charge is 2.43. The second-order valence-corrected chi connectivity index (χ2v) is 8.09. The molecule has 7 heteroatoms. The van der Waals surface area contributed by atoms with Crippen molar-refractivity contribution in [2.45, 2.75) is 50.2 Å². The van der Waals surface area contributed by atoms with Crippen LogP contribution in [-0.4, -0.2) is 52.8 Å².